The predicted molar refractivity (Wildman–Crippen MR) is 61.8 cm³/mol. The molecule has 1 aromatic heterocycles. The Morgan fingerprint density at radius 3 is 2.67 bits per heavy atom. The van der Waals surface area contributed by atoms with Crippen LogP contribution in [0.2, 0.25) is 0 Å². The van der Waals surface area contributed by atoms with E-state index < -0.39 is 0 Å². The van der Waals surface area contributed by atoms with Crippen molar-refractivity contribution < 1.29 is 0 Å². The fourth-order valence-corrected chi connectivity index (χ4v) is 4.61. The van der Waals surface area contributed by atoms with Gasteiger partial charge >= 0.3 is 102 Å². The Morgan fingerprint density at radius 1 is 1.17 bits per heavy atom. The first-order valence-corrected chi connectivity index (χ1v) is 7.08. The third kappa shape index (κ3) is 1.46. The summed E-state index contributed by atoms with van der Waals surface area (Å²) in [6.07, 6.45) is 1.93. The molecule has 5 heteroatoms. The predicted octanol–water partition coefficient (Wildman–Crippen LogP) is 3.58. The molecule has 0 aliphatic carbocycles. The molecule has 0 amide bonds. The number of nitrogens with zero attached hydrogens (tertiary/aromatic N) is 1. The van der Waals surface area contributed by atoms with E-state index in [0.717, 1.165) is 13.4 Å². The van der Waals surface area contributed by atoms with Gasteiger partial charge in [-0.3, -0.25) is 0 Å². The Kier molecular flexibility index (Phi) is 2.77. The molecule has 2 aromatic rings. The molecule has 1 nitrogen and oxygen atoms in total. The van der Waals surface area contributed by atoms with Crippen molar-refractivity contribution in [3.63, 3.8) is 0 Å². The number of rotatable bonds is 0. The van der Waals surface area contributed by atoms with Crippen molar-refractivity contribution in [3.05, 3.63) is 25.7 Å². The van der Waals surface area contributed by atoms with Crippen molar-refractivity contribution in [2.24, 2.45) is 0 Å². The molecule has 1 heterocycles. The summed E-state index contributed by atoms with van der Waals surface area (Å²) in [6.45, 7) is 0. The van der Waals surface area contributed by atoms with Crippen molar-refractivity contribution in [1.82, 2.24) is 3.98 Å². The molecule has 62 valence electrons. The minimum absolute atomic E-state index is 0.247. The van der Waals surface area contributed by atoms with Gasteiger partial charge in [0.25, 0.3) is 0 Å². The molecular weight excluding hydrogens is 417 g/mol. The average molecular weight is 419 g/mol. The third-order valence-electron chi connectivity index (χ3n) is 1.49. The van der Waals surface area contributed by atoms with Crippen LogP contribution in [-0.2, 0) is 0 Å². The molecule has 0 saturated heterocycles. The quantitative estimate of drug-likeness (QED) is 0.471. The van der Waals surface area contributed by atoms with Crippen LogP contribution in [0.25, 0.3) is 9.65 Å². The summed E-state index contributed by atoms with van der Waals surface area (Å²) in [4.78, 5) is 0. The van der Waals surface area contributed by atoms with Gasteiger partial charge in [0.15, 0.2) is 0 Å². The van der Waals surface area contributed by atoms with E-state index in [1.807, 2.05) is 6.20 Å². The Morgan fingerprint density at radius 2 is 1.92 bits per heavy atom. The minimum atomic E-state index is 0.247. The first kappa shape index (κ1) is 9.41. The van der Waals surface area contributed by atoms with Crippen LogP contribution in [0.15, 0.2) is 25.7 Å². The second-order valence-electron chi connectivity index (χ2n) is 2.22. The number of hydrogen-bond donors (Lipinski definition) is 0. The van der Waals surface area contributed by atoms with E-state index in [4.69, 9.17) is 0 Å². The van der Waals surface area contributed by atoms with Gasteiger partial charge in [-0.1, -0.05) is 0 Å². The van der Waals surface area contributed by atoms with Crippen molar-refractivity contribution in [2.75, 3.05) is 0 Å². The monoisotopic (exact) mass is 417 g/mol. The zero-order valence-electron chi connectivity index (χ0n) is 5.64. The number of halogens is 3. The Labute approximate surface area is 101 Å². The summed E-state index contributed by atoms with van der Waals surface area (Å²) >= 11 is 10.7. The van der Waals surface area contributed by atoms with Crippen LogP contribution in [0, 0.1) is 0 Å². The van der Waals surface area contributed by atoms with Crippen molar-refractivity contribution >= 4 is 72.2 Å². The zero-order valence-corrected chi connectivity index (χ0v) is 12.1. The Balaban J connectivity index is 2.97. The van der Waals surface area contributed by atoms with Gasteiger partial charge in [-0.05, 0) is 0 Å². The maximum absolute atomic E-state index is 4.27. The fourth-order valence-electron chi connectivity index (χ4n) is 0.937. The first-order valence-electron chi connectivity index (χ1n) is 3.08. The molecule has 0 atom stereocenters. The molecule has 0 fully saturated rings. The Hall–Kier alpha value is 0.849. The van der Waals surface area contributed by atoms with E-state index in [-0.39, 0.29) is 14.7 Å². The normalized spacial score (nSPS) is 10.9. The van der Waals surface area contributed by atoms with E-state index >= 15 is 0 Å². The molecule has 2 rings (SSSR count). The van der Waals surface area contributed by atoms with Gasteiger partial charge in [0, 0.05) is 0 Å². The van der Waals surface area contributed by atoms with Crippen LogP contribution in [0.4, 0.5) is 0 Å². The van der Waals surface area contributed by atoms with E-state index in [2.05, 4.69) is 57.8 Å². The molecule has 0 saturated carbocycles. The zero-order chi connectivity index (χ0) is 8.72. The van der Waals surface area contributed by atoms with E-state index in [0.29, 0.717) is 0 Å². The molecule has 12 heavy (non-hydrogen) atoms. The summed E-state index contributed by atoms with van der Waals surface area (Å²) < 4.78 is 8.90. The van der Waals surface area contributed by atoms with Gasteiger partial charge in [-0.2, -0.15) is 0 Å². The van der Waals surface area contributed by atoms with Crippen LogP contribution in [0.1, 0.15) is 0 Å². The average Bonchev–Trinajstić information content (AvgIpc) is 2.48. The number of benzene rings is 1. The van der Waals surface area contributed by atoms with E-state index in [1.165, 1.54) is 9.65 Å². The number of hydrogen-bond acceptors (Lipinski definition) is 1. The fraction of sp³-hybridized carbons (Fsp3) is 0. The van der Waals surface area contributed by atoms with Gasteiger partial charge in [-0.15, -0.1) is 0 Å². The summed E-state index contributed by atoms with van der Waals surface area (Å²) in [6, 6.07) is 2.05. The van der Waals surface area contributed by atoms with Gasteiger partial charge in [0.2, 0.25) is 0 Å². The van der Waals surface area contributed by atoms with E-state index in [9.17, 15) is 0 Å². The first-order chi connectivity index (χ1) is 5.70. The van der Waals surface area contributed by atoms with Gasteiger partial charge in [-0.25, -0.2) is 0 Å². The molecule has 0 radical (unpaired) electrons. The van der Waals surface area contributed by atoms with Crippen molar-refractivity contribution in [3.8, 4) is 0 Å². The van der Waals surface area contributed by atoms with Crippen LogP contribution in [-0.4, -0.2) is 18.7 Å². The molecule has 0 aliphatic heterocycles. The number of aromatic nitrogens is 1. The van der Waals surface area contributed by atoms with E-state index in [1.54, 1.807) is 0 Å². The van der Waals surface area contributed by atoms with Crippen molar-refractivity contribution in [2.45, 2.75) is 0 Å². The number of fused-ring (bicyclic) bond motifs is 1. The molecule has 0 spiro atoms. The second-order valence-corrected chi connectivity index (χ2v) is 6.41. The van der Waals surface area contributed by atoms with Crippen LogP contribution in [0.5, 0.6) is 0 Å². The van der Waals surface area contributed by atoms with Crippen LogP contribution < -0.4 is 0 Å². The molecule has 1 aromatic carbocycles. The molecule has 0 aliphatic rings. The summed E-state index contributed by atoms with van der Waals surface area (Å²) in [7, 11) is 0. The molecule has 0 N–H and O–H groups in total. The van der Waals surface area contributed by atoms with Gasteiger partial charge in [0.1, 0.15) is 0 Å². The molecular formula is C7H2Br3NSe. The van der Waals surface area contributed by atoms with Crippen LogP contribution >= 0.6 is 47.8 Å². The van der Waals surface area contributed by atoms with Crippen LogP contribution in [0.3, 0.4) is 0 Å². The van der Waals surface area contributed by atoms with Crippen molar-refractivity contribution in [1.29, 1.82) is 0 Å². The van der Waals surface area contributed by atoms with Gasteiger partial charge < -0.3 is 0 Å². The topological polar surface area (TPSA) is 12.9 Å². The summed E-state index contributed by atoms with van der Waals surface area (Å²) in [5, 5.41) is 1.20. The SMILES string of the molecule is Brc1cc(Br)c2[se]ncc2c1Br. The Bertz CT molecular complexity index is 437. The maximum atomic E-state index is 4.27. The second kappa shape index (κ2) is 3.54. The molecule has 0 bridgehead atoms. The standard InChI is InChI=1S/C7H2Br3NSe/c8-4-1-5(9)7-3(6(4)10)2-11-12-7/h1-2H. The summed E-state index contributed by atoms with van der Waals surface area (Å²) in [5.74, 6) is 0. The summed E-state index contributed by atoms with van der Waals surface area (Å²) in [5.41, 5.74) is 0. The third-order valence-corrected chi connectivity index (χ3v) is 6.46. The molecule has 0 unspecified atom stereocenters. The van der Waals surface area contributed by atoms with Gasteiger partial charge in [0.05, 0.1) is 0 Å².